The van der Waals surface area contributed by atoms with Gasteiger partial charge in [-0.05, 0) is 37.7 Å². The predicted molar refractivity (Wildman–Crippen MR) is 65.1 cm³/mol. The number of likely N-dealkylation sites (tertiary alicyclic amines) is 1. The van der Waals surface area contributed by atoms with Crippen LogP contribution in [0, 0.1) is 0 Å². The van der Waals surface area contributed by atoms with Crippen molar-refractivity contribution in [1.29, 1.82) is 0 Å². The lowest BCUT2D eigenvalue weighted by atomic mass is 10.1. The summed E-state index contributed by atoms with van der Waals surface area (Å²) in [5, 5.41) is 0. The van der Waals surface area contributed by atoms with Gasteiger partial charge in [-0.2, -0.15) is 0 Å². The van der Waals surface area contributed by atoms with Crippen LogP contribution in [0.15, 0.2) is 16.4 Å². The van der Waals surface area contributed by atoms with E-state index in [-0.39, 0.29) is 0 Å². The zero-order chi connectivity index (χ0) is 10.5. The Hall–Kier alpha value is -0.790. The largest absolute Gasteiger partial charge is 0.357 e. The Bertz CT molecular complexity index is 258. The van der Waals surface area contributed by atoms with Crippen LogP contribution >= 0.6 is 0 Å². The third-order valence-electron chi connectivity index (χ3n) is 3.44. The Balaban J connectivity index is 2.11. The van der Waals surface area contributed by atoms with Gasteiger partial charge in [0.2, 0.25) is 0 Å². The highest BCUT2D eigenvalue weighted by Crippen LogP contribution is 2.25. The molecule has 0 saturated carbocycles. The summed E-state index contributed by atoms with van der Waals surface area (Å²) in [6, 6.07) is 0. The monoisotopic (exact) mass is 206 g/mol. The summed E-state index contributed by atoms with van der Waals surface area (Å²) in [5.74, 6) is 1.31. The van der Waals surface area contributed by atoms with Crippen LogP contribution in [-0.4, -0.2) is 24.2 Å². The SMILES string of the molecule is CCC1=C(N2CCCCCC2)N=CCC1. The second-order valence-electron chi connectivity index (χ2n) is 4.53. The normalized spacial score (nSPS) is 23.1. The van der Waals surface area contributed by atoms with Gasteiger partial charge in [0.25, 0.3) is 0 Å². The van der Waals surface area contributed by atoms with Crippen molar-refractivity contribution in [2.75, 3.05) is 13.1 Å². The number of rotatable bonds is 2. The third-order valence-corrected chi connectivity index (χ3v) is 3.44. The molecule has 0 spiro atoms. The van der Waals surface area contributed by atoms with Crippen LogP contribution in [0.5, 0.6) is 0 Å². The minimum absolute atomic E-state index is 1.14. The third kappa shape index (κ3) is 2.61. The maximum absolute atomic E-state index is 4.63. The van der Waals surface area contributed by atoms with E-state index in [2.05, 4.69) is 23.0 Å². The van der Waals surface area contributed by atoms with Gasteiger partial charge in [-0.15, -0.1) is 0 Å². The summed E-state index contributed by atoms with van der Waals surface area (Å²) in [7, 11) is 0. The van der Waals surface area contributed by atoms with Crippen LogP contribution in [-0.2, 0) is 0 Å². The summed E-state index contributed by atoms with van der Waals surface area (Å²) in [6.45, 7) is 4.69. The van der Waals surface area contributed by atoms with Gasteiger partial charge in [-0.25, -0.2) is 4.99 Å². The molecule has 0 amide bonds. The number of allylic oxidation sites excluding steroid dienone is 1. The van der Waals surface area contributed by atoms with E-state index in [0.717, 1.165) is 6.42 Å². The van der Waals surface area contributed by atoms with E-state index >= 15 is 0 Å². The van der Waals surface area contributed by atoms with Crippen molar-refractivity contribution >= 4 is 6.21 Å². The highest BCUT2D eigenvalue weighted by atomic mass is 15.2. The van der Waals surface area contributed by atoms with Crippen LogP contribution in [0.25, 0.3) is 0 Å². The fourth-order valence-corrected chi connectivity index (χ4v) is 2.52. The van der Waals surface area contributed by atoms with Crippen molar-refractivity contribution in [3.8, 4) is 0 Å². The van der Waals surface area contributed by atoms with Gasteiger partial charge < -0.3 is 4.90 Å². The first-order valence-electron chi connectivity index (χ1n) is 6.41. The smallest absolute Gasteiger partial charge is 0.127 e. The van der Waals surface area contributed by atoms with Crippen LogP contribution in [0.2, 0.25) is 0 Å². The second kappa shape index (κ2) is 5.34. The minimum atomic E-state index is 1.14. The number of hydrogen-bond acceptors (Lipinski definition) is 2. The first-order chi connectivity index (χ1) is 7.42. The Morgan fingerprint density at radius 1 is 1.20 bits per heavy atom. The van der Waals surface area contributed by atoms with Gasteiger partial charge in [0.05, 0.1) is 0 Å². The molecule has 2 rings (SSSR count). The minimum Gasteiger partial charge on any atom is -0.357 e. The average Bonchev–Trinajstić information content (AvgIpc) is 2.57. The van der Waals surface area contributed by atoms with Crippen molar-refractivity contribution in [3.63, 3.8) is 0 Å². The molecule has 2 aliphatic rings. The first kappa shape index (κ1) is 10.7. The maximum atomic E-state index is 4.63. The van der Waals surface area contributed by atoms with Gasteiger partial charge in [-0.1, -0.05) is 19.8 Å². The van der Waals surface area contributed by atoms with E-state index in [1.807, 2.05) is 0 Å². The van der Waals surface area contributed by atoms with Crippen molar-refractivity contribution < 1.29 is 0 Å². The van der Waals surface area contributed by atoms with Crippen LogP contribution in [0.3, 0.4) is 0 Å². The van der Waals surface area contributed by atoms with Crippen LogP contribution in [0.4, 0.5) is 0 Å². The van der Waals surface area contributed by atoms with Gasteiger partial charge in [0.1, 0.15) is 5.82 Å². The summed E-state index contributed by atoms with van der Waals surface area (Å²) >= 11 is 0. The fourth-order valence-electron chi connectivity index (χ4n) is 2.52. The van der Waals surface area contributed by atoms with Gasteiger partial charge in [0.15, 0.2) is 0 Å². The van der Waals surface area contributed by atoms with E-state index < -0.39 is 0 Å². The van der Waals surface area contributed by atoms with Crippen LogP contribution in [0.1, 0.15) is 51.9 Å². The maximum Gasteiger partial charge on any atom is 0.127 e. The highest BCUT2D eigenvalue weighted by molar-refractivity contribution is 5.61. The predicted octanol–water partition coefficient (Wildman–Crippen LogP) is 3.35. The Morgan fingerprint density at radius 2 is 1.93 bits per heavy atom. The van der Waals surface area contributed by atoms with Crippen molar-refractivity contribution in [2.24, 2.45) is 4.99 Å². The highest BCUT2D eigenvalue weighted by Gasteiger charge is 2.16. The standard InChI is InChI=1S/C13H22N2/c1-2-12-8-7-9-14-13(12)15-10-5-3-4-6-11-15/h9H,2-8,10-11H2,1H3. The molecule has 0 bridgehead atoms. The Kier molecular flexibility index (Phi) is 3.81. The molecule has 0 aromatic heterocycles. The number of aliphatic imine (C=N–C) groups is 1. The molecule has 0 aromatic rings. The summed E-state index contributed by atoms with van der Waals surface area (Å²) in [5.41, 5.74) is 1.57. The van der Waals surface area contributed by atoms with Crippen molar-refractivity contribution in [2.45, 2.75) is 51.9 Å². The van der Waals surface area contributed by atoms with E-state index in [1.165, 1.54) is 57.4 Å². The molecule has 84 valence electrons. The van der Waals surface area contributed by atoms with E-state index in [0.29, 0.717) is 0 Å². The lowest BCUT2D eigenvalue weighted by Gasteiger charge is -2.27. The summed E-state index contributed by atoms with van der Waals surface area (Å²) in [4.78, 5) is 7.14. The molecule has 0 unspecified atom stereocenters. The van der Waals surface area contributed by atoms with Gasteiger partial charge >= 0.3 is 0 Å². The average molecular weight is 206 g/mol. The lowest BCUT2D eigenvalue weighted by molar-refractivity contribution is 0.347. The lowest BCUT2D eigenvalue weighted by Crippen LogP contribution is -2.25. The molecule has 15 heavy (non-hydrogen) atoms. The summed E-state index contributed by atoms with van der Waals surface area (Å²) < 4.78 is 0. The molecule has 1 saturated heterocycles. The zero-order valence-electron chi connectivity index (χ0n) is 9.84. The molecule has 2 nitrogen and oxygen atoms in total. The number of nitrogens with zero attached hydrogens (tertiary/aromatic N) is 2. The molecule has 1 fully saturated rings. The molecule has 0 radical (unpaired) electrons. The fraction of sp³-hybridized carbons (Fsp3) is 0.769. The summed E-state index contributed by atoms with van der Waals surface area (Å²) in [6.07, 6.45) is 11.1. The van der Waals surface area contributed by atoms with E-state index in [4.69, 9.17) is 0 Å². The molecule has 2 heterocycles. The zero-order valence-corrected chi connectivity index (χ0v) is 9.84. The first-order valence-corrected chi connectivity index (χ1v) is 6.41. The molecule has 0 aliphatic carbocycles. The molecule has 0 aromatic carbocycles. The second-order valence-corrected chi connectivity index (χ2v) is 4.53. The van der Waals surface area contributed by atoms with Gasteiger partial charge in [-0.3, -0.25) is 0 Å². The Morgan fingerprint density at radius 3 is 2.60 bits per heavy atom. The van der Waals surface area contributed by atoms with E-state index in [1.54, 1.807) is 5.57 Å². The molecule has 2 aliphatic heterocycles. The van der Waals surface area contributed by atoms with E-state index in [9.17, 15) is 0 Å². The van der Waals surface area contributed by atoms with Gasteiger partial charge in [0, 0.05) is 19.3 Å². The molecule has 0 N–H and O–H groups in total. The molecular weight excluding hydrogens is 184 g/mol. The molecule has 0 atom stereocenters. The topological polar surface area (TPSA) is 15.6 Å². The molecule has 2 heteroatoms. The van der Waals surface area contributed by atoms with Crippen LogP contribution < -0.4 is 0 Å². The Labute approximate surface area is 93.1 Å². The van der Waals surface area contributed by atoms with Crippen molar-refractivity contribution in [3.05, 3.63) is 11.4 Å². The molecular formula is C13H22N2. The van der Waals surface area contributed by atoms with Crippen molar-refractivity contribution in [1.82, 2.24) is 4.90 Å². The quantitative estimate of drug-likeness (QED) is 0.676. The number of hydrogen-bond donors (Lipinski definition) is 0.